The molecule has 18 heteroatoms. The van der Waals surface area contributed by atoms with Crippen LogP contribution in [0.1, 0.15) is 252 Å². The van der Waals surface area contributed by atoms with Crippen LogP contribution in [-0.4, -0.2) is 95.9 Å². The van der Waals surface area contributed by atoms with Gasteiger partial charge in [0.2, 0.25) is 0 Å². The van der Waals surface area contributed by atoms with Gasteiger partial charge >= 0.3 is 33.6 Å². The van der Waals surface area contributed by atoms with Gasteiger partial charge in [-0.3, -0.25) is 32.5 Å². The second kappa shape index (κ2) is 59.1. The third-order valence-electron chi connectivity index (χ3n) is 13.1. The zero-order valence-corrected chi connectivity index (χ0v) is 53.4. The third kappa shape index (κ3) is 60.2. The van der Waals surface area contributed by atoms with Crippen LogP contribution in [0.2, 0.25) is 0 Å². The molecule has 0 aromatic carbocycles. The molecule has 16 nitrogen and oxygen atoms in total. The van der Waals surface area contributed by atoms with Crippen LogP contribution < -0.4 is 0 Å². The minimum Gasteiger partial charge on any atom is -0.463 e. The summed E-state index contributed by atoms with van der Waals surface area (Å²) >= 11 is 0. The van der Waals surface area contributed by atoms with Crippen molar-refractivity contribution in [2.75, 3.05) is 39.6 Å². The summed E-state index contributed by atoms with van der Waals surface area (Å²) in [7, 11) is -9.77. The Bertz CT molecular complexity index is 1860. The molecule has 5 atom stereocenters. The first-order chi connectivity index (χ1) is 40.2. The molecule has 0 aromatic rings. The van der Waals surface area contributed by atoms with Gasteiger partial charge in [-0.05, 0) is 96.3 Å². The maximum Gasteiger partial charge on any atom is 0.472 e. The minimum absolute atomic E-state index is 0.102. The Kier molecular flexibility index (Phi) is 56.8. The molecule has 0 bridgehead atoms. The summed E-state index contributed by atoms with van der Waals surface area (Å²) < 4.78 is 60.6. The van der Waals surface area contributed by atoms with E-state index in [4.69, 9.17) is 32.3 Å². The summed E-state index contributed by atoms with van der Waals surface area (Å²) in [6.07, 6.45) is 60.8. The lowest BCUT2D eigenvalue weighted by Crippen LogP contribution is -2.30. The highest BCUT2D eigenvalue weighted by Gasteiger charge is 2.29. The van der Waals surface area contributed by atoms with Gasteiger partial charge in [-0.2, -0.15) is 0 Å². The van der Waals surface area contributed by atoms with Gasteiger partial charge in [-0.25, -0.2) is 9.13 Å². The molecule has 0 rings (SSSR count). The van der Waals surface area contributed by atoms with Crippen LogP contribution in [-0.2, 0) is 55.8 Å². The van der Waals surface area contributed by atoms with Crippen molar-refractivity contribution in [3.8, 4) is 0 Å². The van der Waals surface area contributed by atoms with E-state index in [2.05, 4.69) is 106 Å². The monoisotopic (exact) mass is 1210 g/mol. The lowest BCUT2D eigenvalue weighted by atomic mass is 10.1. The highest BCUT2D eigenvalue weighted by molar-refractivity contribution is 7.47. The Morgan fingerprint density at radius 1 is 0.349 bits per heavy atom. The van der Waals surface area contributed by atoms with E-state index in [1.807, 2.05) is 0 Å². The average molecular weight is 1210 g/mol. The molecule has 0 saturated heterocycles. The molecule has 0 aliphatic carbocycles. The fraction of sp³-hybridized carbons (Fsp3) is 0.738. The Balaban J connectivity index is 4.60. The van der Waals surface area contributed by atoms with Gasteiger partial charge < -0.3 is 34.2 Å². The zero-order valence-electron chi connectivity index (χ0n) is 51.6. The van der Waals surface area contributed by atoms with Crippen molar-refractivity contribution in [3.63, 3.8) is 0 Å². The lowest BCUT2D eigenvalue weighted by molar-refractivity contribution is -0.161. The van der Waals surface area contributed by atoms with E-state index in [0.29, 0.717) is 19.3 Å². The fourth-order valence-electron chi connectivity index (χ4n) is 8.21. The number of esters is 3. The highest BCUT2D eigenvalue weighted by Crippen LogP contribution is 2.45. The first-order valence-corrected chi connectivity index (χ1v) is 34.9. The number of aliphatic hydroxyl groups is 2. The number of hydrogen-bond acceptors (Lipinski definition) is 14. The Morgan fingerprint density at radius 2 is 0.639 bits per heavy atom. The zero-order chi connectivity index (χ0) is 61.0. The minimum atomic E-state index is -4.92. The topological polar surface area (TPSA) is 231 Å². The van der Waals surface area contributed by atoms with Gasteiger partial charge in [0.15, 0.2) is 6.10 Å². The first kappa shape index (κ1) is 79.7. The van der Waals surface area contributed by atoms with E-state index < -0.39 is 91.5 Å². The average Bonchev–Trinajstić information content (AvgIpc) is 3.47. The molecule has 0 fully saturated rings. The molecule has 4 N–H and O–H groups in total. The summed E-state index contributed by atoms with van der Waals surface area (Å²) in [5.74, 6) is -1.61. The van der Waals surface area contributed by atoms with E-state index in [9.17, 15) is 43.5 Å². The van der Waals surface area contributed by atoms with E-state index in [1.165, 1.54) is 64.2 Å². The van der Waals surface area contributed by atoms with Crippen molar-refractivity contribution in [3.05, 3.63) is 85.1 Å². The van der Waals surface area contributed by atoms with E-state index in [1.54, 1.807) is 0 Å². The fourth-order valence-corrected chi connectivity index (χ4v) is 9.80. The Labute approximate surface area is 502 Å². The van der Waals surface area contributed by atoms with E-state index in [-0.39, 0.29) is 19.3 Å². The molecule has 0 amide bonds. The number of phosphoric ester groups is 2. The largest absolute Gasteiger partial charge is 0.472 e. The molecule has 0 aromatic heterocycles. The van der Waals surface area contributed by atoms with Crippen LogP contribution in [0.25, 0.3) is 0 Å². The van der Waals surface area contributed by atoms with Gasteiger partial charge in [0, 0.05) is 19.3 Å². The molecule has 0 radical (unpaired) electrons. The number of ether oxygens (including phenoxy) is 3. The van der Waals surface area contributed by atoms with Crippen molar-refractivity contribution < 1.29 is 75.8 Å². The van der Waals surface area contributed by atoms with Gasteiger partial charge in [0.25, 0.3) is 0 Å². The quantitative estimate of drug-likeness (QED) is 0.0146. The van der Waals surface area contributed by atoms with Crippen molar-refractivity contribution in [2.24, 2.45) is 0 Å². The number of carbonyl (C=O) groups excluding carboxylic acids is 3. The van der Waals surface area contributed by atoms with Crippen LogP contribution in [0.15, 0.2) is 85.1 Å². The van der Waals surface area contributed by atoms with Crippen LogP contribution in [0.3, 0.4) is 0 Å². The molecular formula is C65H114O16P2. The number of aliphatic hydroxyl groups excluding tert-OH is 2. The highest BCUT2D eigenvalue weighted by atomic mass is 31.2. The molecule has 0 aliphatic rings. The molecule has 0 aliphatic heterocycles. The number of unbranched alkanes of at least 4 members (excludes halogenated alkanes) is 23. The second-order valence-electron chi connectivity index (χ2n) is 21.2. The number of carbonyl (C=O) groups is 3. The first-order valence-electron chi connectivity index (χ1n) is 31.9. The van der Waals surface area contributed by atoms with Gasteiger partial charge in [-0.15, -0.1) is 0 Å². The molecule has 0 saturated carbocycles. The summed E-state index contributed by atoms with van der Waals surface area (Å²) in [6, 6.07) is 0. The van der Waals surface area contributed by atoms with Crippen LogP contribution in [0.4, 0.5) is 0 Å². The number of hydrogen-bond donors (Lipinski definition) is 4. The summed E-state index contributed by atoms with van der Waals surface area (Å²) in [5, 5.41) is 20.5. The third-order valence-corrected chi connectivity index (χ3v) is 15.0. The Hall–Kier alpha value is -3.27. The van der Waals surface area contributed by atoms with Gasteiger partial charge in [0.1, 0.15) is 25.4 Å². The van der Waals surface area contributed by atoms with Crippen LogP contribution in [0.5, 0.6) is 0 Å². The lowest BCUT2D eigenvalue weighted by Gasteiger charge is -2.21. The van der Waals surface area contributed by atoms with Crippen molar-refractivity contribution in [2.45, 2.75) is 270 Å². The molecule has 5 unspecified atom stereocenters. The number of phosphoric acid groups is 2. The standard InChI is InChI=1S/C65H114O16P2/c1-4-7-10-13-16-19-22-24-26-27-28-29-30-31-33-35-37-39-42-45-48-51-63(68)75-54-60(66)55-77-82(71,72)78-56-61(67)57-79-83(73,74)80-59-62(81-65(70)53-50-47-44-41-36-21-18-15-12-9-6-3)58-76-64(69)52-49-46-43-40-38-34-32-25-23-20-17-14-11-8-5-2/h8,11,16-17,19-20,24-26,28-29,31-33,60-62,66-67H,4-7,9-10,12-15,18,21-23,27,30,34-59H2,1-3H3,(H,71,72)(H,73,74)/b11-8-,19-16-,20-17-,26-24-,29-28-,32-25-,33-31-. The van der Waals surface area contributed by atoms with Crippen molar-refractivity contribution in [1.29, 1.82) is 0 Å². The van der Waals surface area contributed by atoms with Crippen molar-refractivity contribution >= 4 is 33.6 Å². The second-order valence-corrected chi connectivity index (χ2v) is 24.1. The summed E-state index contributed by atoms with van der Waals surface area (Å²) in [5.41, 5.74) is 0. The molecule has 83 heavy (non-hydrogen) atoms. The maximum absolute atomic E-state index is 12.8. The molecule has 0 heterocycles. The normalized spacial score (nSPS) is 14.9. The SMILES string of the molecule is CC/C=C\C/C=C\C/C=C\CCCCCCCC(=O)OCC(COP(=O)(O)OCC(O)COP(=O)(O)OCC(O)COC(=O)CCCCCCC/C=C\C/C=C\C/C=C\C/C=C\CCCCC)OC(=O)CCCCCCCCCCCCC. The maximum atomic E-state index is 12.8. The predicted octanol–water partition coefficient (Wildman–Crippen LogP) is 17.0. The van der Waals surface area contributed by atoms with E-state index >= 15 is 0 Å². The molecular weight excluding hydrogens is 1100 g/mol. The molecule has 0 spiro atoms. The summed E-state index contributed by atoms with van der Waals surface area (Å²) in [4.78, 5) is 58.1. The van der Waals surface area contributed by atoms with Gasteiger partial charge in [0.05, 0.1) is 26.4 Å². The van der Waals surface area contributed by atoms with Crippen LogP contribution in [0, 0.1) is 0 Å². The molecule has 480 valence electrons. The number of rotatable bonds is 60. The Morgan fingerprint density at radius 3 is 1.04 bits per heavy atom. The summed E-state index contributed by atoms with van der Waals surface area (Å²) in [6.45, 7) is 2.46. The van der Waals surface area contributed by atoms with Gasteiger partial charge in [-0.1, -0.05) is 221 Å². The smallest absolute Gasteiger partial charge is 0.463 e. The van der Waals surface area contributed by atoms with Crippen molar-refractivity contribution in [1.82, 2.24) is 0 Å². The predicted molar refractivity (Wildman–Crippen MR) is 334 cm³/mol. The van der Waals surface area contributed by atoms with E-state index in [0.717, 1.165) is 128 Å². The number of allylic oxidation sites excluding steroid dienone is 14. The van der Waals surface area contributed by atoms with Crippen LogP contribution >= 0.6 is 15.6 Å².